The van der Waals surface area contributed by atoms with Crippen molar-refractivity contribution in [3.05, 3.63) is 58.8 Å². The number of hydrogen-bond acceptors (Lipinski definition) is 6. The predicted molar refractivity (Wildman–Crippen MR) is 105 cm³/mol. The van der Waals surface area contributed by atoms with Crippen LogP contribution >= 0.6 is 0 Å². The van der Waals surface area contributed by atoms with Gasteiger partial charge in [0.2, 0.25) is 0 Å². The minimum atomic E-state index is -0.0696. The molecule has 5 rings (SSSR count). The van der Waals surface area contributed by atoms with Crippen LogP contribution in [0.15, 0.2) is 47.5 Å². The molecule has 0 aromatic carbocycles. The minimum absolute atomic E-state index is 0.0696. The van der Waals surface area contributed by atoms with E-state index in [1.54, 1.807) is 27.7 Å². The Morgan fingerprint density at radius 3 is 2.46 bits per heavy atom. The van der Waals surface area contributed by atoms with E-state index in [0.717, 1.165) is 37.4 Å². The first-order valence-electron chi connectivity index (χ1n) is 9.93. The zero-order valence-electron chi connectivity index (χ0n) is 15.7. The summed E-state index contributed by atoms with van der Waals surface area (Å²) in [6, 6.07) is 9.33. The molecule has 1 aliphatic carbocycles. The maximum Gasteiger partial charge on any atom is 0.266 e. The number of rotatable bonds is 5. The van der Waals surface area contributed by atoms with E-state index >= 15 is 0 Å². The molecule has 0 N–H and O–H groups in total. The van der Waals surface area contributed by atoms with Crippen LogP contribution in [0.5, 0.6) is 0 Å². The molecule has 1 saturated carbocycles. The van der Waals surface area contributed by atoms with Crippen molar-refractivity contribution in [3.63, 3.8) is 0 Å². The van der Waals surface area contributed by atoms with Crippen molar-refractivity contribution in [2.24, 2.45) is 5.92 Å². The van der Waals surface area contributed by atoms with E-state index in [2.05, 4.69) is 37.4 Å². The average molecular weight is 377 g/mol. The second-order valence-electron chi connectivity index (χ2n) is 7.68. The summed E-state index contributed by atoms with van der Waals surface area (Å²) in [5, 5.41) is 17.5. The standard InChI is InChI=1S/C20H23N7O/c28-20-7-6-19(26-11-1-10-21-26)24-27(20)14-15-8-12-25(13-9-15)18-5-4-17(22-23-18)16-2-3-16/h1,4-7,10-11,15-16H,2-3,8-9,12-14H2. The summed E-state index contributed by atoms with van der Waals surface area (Å²) >= 11 is 0. The highest BCUT2D eigenvalue weighted by atomic mass is 16.1. The molecule has 0 bridgehead atoms. The molecule has 2 aliphatic rings. The fourth-order valence-corrected chi connectivity index (χ4v) is 3.79. The Bertz CT molecular complexity index is 984. The summed E-state index contributed by atoms with van der Waals surface area (Å²) in [6.45, 7) is 2.49. The van der Waals surface area contributed by atoms with Crippen molar-refractivity contribution in [2.45, 2.75) is 38.1 Å². The van der Waals surface area contributed by atoms with Crippen molar-refractivity contribution < 1.29 is 0 Å². The largest absolute Gasteiger partial charge is 0.355 e. The molecule has 144 valence electrons. The van der Waals surface area contributed by atoms with Gasteiger partial charge >= 0.3 is 0 Å². The van der Waals surface area contributed by atoms with E-state index in [-0.39, 0.29) is 5.56 Å². The smallest absolute Gasteiger partial charge is 0.266 e. The van der Waals surface area contributed by atoms with Crippen molar-refractivity contribution in [1.29, 1.82) is 0 Å². The molecule has 0 atom stereocenters. The van der Waals surface area contributed by atoms with Gasteiger partial charge < -0.3 is 4.90 Å². The minimum Gasteiger partial charge on any atom is -0.355 e. The van der Waals surface area contributed by atoms with Gasteiger partial charge in [-0.15, -0.1) is 10.2 Å². The van der Waals surface area contributed by atoms with Crippen LogP contribution in [0.25, 0.3) is 5.82 Å². The first-order chi connectivity index (χ1) is 13.8. The van der Waals surface area contributed by atoms with Crippen LogP contribution in [0.1, 0.15) is 37.3 Å². The quantitative estimate of drug-likeness (QED) is 0.677. The Kier molecular flexibility index (Phi) is 4.38. The molecule has 3 aromatic heterocycles. The summed E-state index contributed by atoms with van der Waals surface area (Å²) in [5.41, 5.74) is 1.06. The lowest BCUT2D eigenvalue weighted by molar-refractivity contribution is 0.333. The highest BCUT2D eigenvalue weighted by Gasteiger charge is 2.26. The van der Waals surface area contributed by atoms with Crippen LogP contribution in [0, 0.1) is 5.92 Å². The van der Waals surface area contributed by atoms with E-state index in [0.29, 0.717) is 24.2 Å². The Balaban J connectivity index is 1.22. The Morgan fingerprint density at radius 2 is 1.79 bits per heavy atom. The number of anilines is 1. The Morgan fingerprint density at radius 1 is 0.964 bits per heavy atom. The normalized spacial score (nSPS) is 17.8. The van der Waals surface area contributed by atoms with Gasteiger partial charge in [0.25, 0.3) is 5.56 Å². The van der Waals surface area contributed by atoms with E-state index in [9.17, 15) is 4.79 Å². The predicted octanol–water partition coefficient (Wildman–Crippen LogP) is 2.01. The Labute approximate surface area is 162 Å². The van der Waals surface area contributed by atoms with Crippen molar-refractivity contribution >= 4 is 5.82 Å². The van der Waals surface area contributed by atoms with Crippen molar-refractivity contribution in [3.8, 4) is 5.82 Å². The van der Waals surface area contributed by atoms with Crippen molar-refractivity contribution in [2.75, 3.05) is 18.0 Å². The monoisotopic (exact) mass is 377 g/mol. The molecule has 0 radical (unpaired) electrons. The third kappa shape index (κ3) is 3.54. The molecule has 3 aromatic rings. The molecular weight excluding hydrogens is 354 g/mol. The second-order valence-corrected chi connectivity index (χ2v) is 7.68. The number of aromatic nitrogens is 6. The van der Waals surface area contributed by atoms with E-state index < -0.39 is 0 Å². The molecule has 4 heterocycles. The molecule has 8 heteroatoms. The SMILES string of the molecule is O=c1ccc(-n2cccn2)nn1CC1CCN(c2ccc(C3CC3)nn2)CC1. The second kappa shape index (κ2) is 7.18. The van der Waals surface area contributed by atoms with Crippen LogP contribution in [0.4, 0.5) is 5.82 Å². The van der Waals surface area contributed by atoms with Gasteiger partial charge in [-0.2, -0.15) is 10.2 Å². The maximum absolute atomic E-state index is 12.2. The molecule has 1 saturated heterocycles. The maximum atomic E-state index is 12.2. The fourth-order valence-electron chi connectivity index (χ4n) is 3.79. The molecule has 0 spiro atoms. The van der Waals surface area contributed by atoms with Crippen LogP contribution in [0.3, 0.4) is 0 Å². The van der Waals surface area contributed by atoms with Gasteiger partial charge in [0.05, 0.1) is 5.69 Å². The summed E-state index contributed by atoms with van der Waals surface area (Å²) in [7, 11) is 0. The Hall–Kier alpha value is -3.03. The highest BCUT2D eigenvalue weighted by Crippen LogP contribution is 2.38. The topological polar surface area (TPSA) is 81.7 Å². The van der Waals surface area contributed by atoms with Gasteiger partial charge in [-0.05, 0) is 55.9 Å². The summed E-state index contributed by atoms with van der Waals surface area (Å²) in [5.74, 6) is 2.68. The first-order valence-corrected chi connectivity index (χ1v) is 9.93. The van der Waals surface area contributed by atoms with E-state index in [1.807, 2.05) is 12.3 Å². The lowest BCUT2D eigenvalue weighted by atomic mass is 9.97. The van der Waals surface area contributed by atoms with Crippen LogP contribution in [0.2, 0.25) is 0 Å². The number of hydrogen-bond donors (Lipinski definition) is 0. The third-order valence-electron chi connectivity index (χ3n) is 5.63. The van der Waals surface area contributed by atoms with Gasteiger partial charge in [0.1, 0.15) is 0 Å². The highest BCUT2D eigenvalue weighted by molar-refractivity contribution is 5.38. The van der Waals surface area contributed by atoms with Gasteiger partial charge in [-0.25, -0.2) is 9.36 Å². The first kappa shape index (κ1) is 17.1. The van der Waals surface area contributed by atoms with Crippen LogP contribution < -0.4 is 10.5 Å². The summed E-state index contributed by atoms with van der Waals surface area (Å²) in [6.07, 6.45) is 8.03. The van der Waals surface area contributed by atoms with Gasteiger partial charge in [-0.3, -0.25) is 4.79 Å². The van der Waals surface area contributed by atoms with E-state index in [4.69, 9.17) is 0 Å². The van der Waals surface area contributed by atoms with Crippen LogP contribution in [-0.2, 0) is 6.54 Å². The fraction of sp³-hybridized carbons (Fsp3) is 0.450. The molecule has 0 amide bonds. The van der Waals surface area contributed by atoms with Crippen molar-refractivity contribution in [1.82, 2.24) is 29.8 Å². The van der Waals surface area contributed by atoms with Crippen LogP contribution in [-0.4, -0.2) is 42.8 Å². The lowest BCUT2D eigenvalue weighted by Crippen LogP contribution is -2.37. The summed E-state index contributed by atoms with van der Waals surface area (Å²) in [4.78, 5) is 14.5. The number of piperidine rings is 1. The van der Waals surface area contributed by atoms with Gasteiger partial charge in [0, 0.05) is 44.0 Å². The molecular formula is C20H23N7O. The van der Waals surface area contributed by atoms with Gasteiger partial charge in [-0.1, -0.05) is 0 Å². The zero-order chi connectivity index (χ0) is 18.9. The molecule has 1 aliphatic heterocycles. The lowest BCUT2D eigenvalue weighted by Gasteiger charge is -2.32. The third-order valence-corrected chi connectivity index (χ3v) is 5.63. The average Bonchev–Trinajstić information content (AvgIpc) is 3.44. The molecule has 28 heavy (non-hydrogen) atoms. The molecule has 8 nitrogen and oxygen atoms in total. The van der Waals surface area contributed by atoms with Gasteiger partial charge in [0.15, 0.2) is 11.6 Å². The molecule has 0 unspecified atom stereocenters. The zero-order valence-corrected chi connectivity index (χ0v) is 15.7. The van der Waals surface area contributed by atoms with E-state index in [1.165, 1.54) is 12.8 Å². The number of nitrogens with zero attached hydrogens (tertiary/aromatic N) is 7. The molecule has 2 fully saturated rings. The summed E-state index contributed by atoms with van der Waals surface area (Å²) < 4.78 is 3.24.